The van der Waals surface area contributed by atoms with Gasteiger partial charge in [0.05, 0.1) is 23.3 Å². The molecule has 13 rings (SSSR count). The van der Waals surface area contributed by atoms with Gasteiger partial charge >= 0.3 is 19.5 Å². The molecule has 0 saturated heterocycles. The summed E-state index contributed by atoms with van der Waals surface area (Å²) in [5.74, 6) is 2.14. The fourth-order valence-corrected chi connectivity index (χ4v) is 10.5. The van der Waals surface area contributed by atoms with Gasteiger partial charge in [-0.2, -0.15) is 0 Å². The molecular weight excluding hydrogens is 946 g/mol. The molecule has 0 aliphatic carbocycles. The zero-order chi connectivity index (χ0) is 50.0. The van der Waals surface area contributed by atoms with Crippen molar-refractivity contribution in [2.75, 3.05) is 0 Å². The summed E-state index contributed by atoms with van der Waals surface area (Å²) in [7, 11) is 0. The zero-order valence-electron chi connectivity index (χ0n) is 43.8. The van der Waals surface area contributed by atoms with Gasteiger partial charge in [-0.25, -0.2) is 9.97 Å². The fraction of sp³-hybridized carbons (Fsp3) is 0.250. The smallest absolute Gasteiger partial charge is 0.357 e. The second-order valence-corrected chi connectivity index (χ2v) is 24.3. The van der Waals surface area contributed by atoms with Crippen LogP contribution in [0.2, 0.25) is 0 Å². The molecule has 0 N–H and O–H groups in total. The average Bonchev–Trinajstić information content (AvgIpc) is 4.04. The van der Waals surface area contributed by atoms with Gasteiger partial charge in [-0.05, 0) is 157 Å². The summed E-state index contributed by atoms with van der Waals surface area (Å²) < 4.78 is 0. The van der Waals surface area contributed by atoms with Crippen LogP contribution in [0.5, 0.6) is 0 Å². The Morgan fingerprint density at radius 2 is 0.479 bits per heavy atom. The fourth-order valence-electron chi connectivity index (χ4n) is 10.5. The first-order valence-corrected chi connectivity index (χ1v) is 25.1. The summed E-state index contributed by atoms with van der Waals surface area (Å²) in [6.45, 7) is 27.0. The van der Waals surface area contributed by atoms with E-state index in [9.17, 15) is 0 Å². The molecule has 8 bridgehead atoms. The molecule has 0 radical (unpaired) electrons. The quantitative estimate of drug-likeness (QED) is 0.138. The SMILES string of the molecule is CC(C)(C)c1ccc2cc3c(cc2c1)-c1nc-3nc2[n-]c(nc3nc(nc4[n-]c(n1)c1cc5ccc(C(C)(C)C)cc5cc41)-c1cc4ccc(C(C)(C)C)cc4cc1-3)c1cc3ccc(C(C)(C)C)cc3cc21.[Zn+2]. The van der Waals surface area contributed by atoms with Crippen molar-refractivity contribution in [3.63, 3.8) is 0 Å². The van der Waals surface area contributed by atoms with Gasteiger partial charge in [-0.15, -0.1) is 0 Å². The van der Waals surface area contributed by atoms with E-state index in [-0.39, 0.29) is 41.1 Å². The van der Waals surface area contributed by atoms with Gasteiger partial charge in [0.1, 0.15) is 0 Å². The van der Waals surface area contributed by atoms with Crippen LogP contribution in [0.1, 0.15) is 105 Å². The molecule has 5 heterocycles. The van der Waals surface area contributed by atoms with E-state index < -0.39 is 0 Å². The van der Waals surface area contributed by atoms with Gasteiger partial charge in [-0.3, -0.25) is 0 Å². The standard InChI is InChI=1S/C64H56N8.Zn/c1-61(2,3)41-17-13-33-25-45-49(29-37(33)21-41)57-65-53(45)70-58-51-31-39-23-43(63(7,8)9)19-15-35(39)27-47(51)55(67-58)72-60-52-32-40-24-44(64(10,11)12)20-16-36(40)28-48(52)56(68-60)71-59-50-30-38-22-42(62(4,5)6)18-14-34(38)26-46(50)54(66-59)69-57;/h13-32H,1-12H3;/q-2;+2. The van der Waals surface area contributed by atoms with Gasteiger partial charge < -0.3 is 29.9 Å². The van der Waals surface area contributed by atoms with Crippen molar-refractivity contribution in [1.82, 2.24) is 39.9 Å². The third kappa shape index (κ3) is 7.81. The van der Waals surface area contributed by atoms with Gasteiger partial charge in [0, 0.05) is 44.8 Å². The minimum Gasteiger partial charge on any atom is -0.357 e. The Labute approximate surface area is 438 Å². The molecule has 0 spiro atoms. The van der Waals surface area contributed by atoms with Crippen molar-refractivity contribution in [1.29, 1.82) is 0 Å². The summed E-state index contributed by atoms with van der Waals surface area (Å²) in [6, 6.07) is 44.6. The average molecular weight is 1000 g/mol. The minimum absolute atomic E-state index is 0. The van der Waals surface area contributed by atoms with Crippen LogP contribution in [0.3, 0.4) is 0 Å². The second kappa shape index (κ2) is 15.9. The van der Waals surface area contributed by atoms with Gasteiger partial charge in [0.2, 0.25) is 0 Å². The molecule has 8 nitrogen and oxygen atoms in total. The Morgan fingerprint density at radius 3 is 0.740 bits per heavy atom. The Hall–Kier alpha value is -7.22. The van der Waals surface area contributed by atoms with E-state index in [1.54, 1.807) is 0 Å². The van der Waals surface area contributed by atoms with Crippen LogP contribution in [0, 0.1) is 0 Å². The predicted molar refractivity (Wildman–Crippen MR) is 299 cm³/mol. The van der Waals surface area contributed by atoms with Crippen molar-refractivity contribution in [2.24, 2.45) is 0 Å². The molecule has 11 aromatic rings. The molecule has 0 atom stereocenters. The van der Waals surface area contributed by atoms with E-state index in [0.29, 0.717) is 45.9 Å². The van der Waals surface area contributed by atoms with E-state index in [0.717, 1.165) is 86.9 Å². The first kappa shape index (κ1) is 46.8. The normalized spacial score (nSPS) is 13.1. The second-order valence-electron chi connectivity index (χ2n) is 24.3. The Morgan fingerprint density at radius 1 is 0.260 bits per heavy atom. The van der Waals surface area contributed by atoms with E-state index in [4.69, 9.17) is 39.9 Å². The van der Waals surface area contributed by atoms with E-state index in [2.05, 4.69) is 204 Å². The largest absolute Gasteiger partial charge is 2.00 e. The van der Waals surface area contributed by atoms with Gasteiger partial charge in [0.25, 0.3) is 0 Å². The molecule has 2 aliphatic rings. The predicted octanol–water partition coefficient (Wildman–Crippen LogP) is 15.9. The van der Waals surface area contributed by atoms with Crippen LogP contribution < -0.4 is 9.97 Å². The van der Waals surface area contributed by atoms with Crippen molar-refractivity contribution in [3.05, 3.63) is 144 Å². The Bertz CT molecular complexity index is 4100. The molecule has 0 fully saturated rings. The van der Waals surface area contributed by atoms with Crippen molar-refractivity contribution in [2.45, 2.75) is 105 Å². The van der Waals surface area contributed by atoms with Crippen molar-refractivity contribution < 1.29 is 19.5 Å². The zero-order valence-corrected chi connectivity index (χ0v) is 46.8. The molecular formula is C64H56N8Zn. The van der Waals surface area contributed by atoms with E-state index in [1.165, 1.54) is 22.3 Å². The maximum Gasteiger partial charge on any atom is 2.00 e. The molecule has 73 heavy (non-hydrogen) atoms. The molecule has 0 saturated carbocycles. The van der Waals surface area contributed by atoms with Crippen LogP contribution in [-0.4, -0.2) is 29.9 Å². The van der Waals surface area contributed by atoms with E-state index >= 15 is 0 Å². The number of hydrogen-bond donors (Lipinski definition) is 0. The first-order chi connectivity index (χ1) is 34.1. The maximum absolute atomic E-state index is 5.43. The van der Waals surface area contributed by atoms with E-state index in [1.807, 2.05) is 0 Å². The summed E-state index contributed by atoms with van der Waals surface area (Å²) in [5.41, 5.74) is 10.6. The number of nitrogens with zero attached hydrogens (tertiary/aromatic N) is 8. The third-order valence-corrected chi connectivity index (χ3v) is 15.0. The molecule has 8 aromatic carbocycles. The molecule has 0 unspecified atom stereocenters. The number of benzene rings is 8. The number of hydrogen-bond acceptors (Lipinski definition) is 6. The molecule has 2 aliphatic heterocycles. The number of aromatic nitrogens is 8. The van der Waals surface area contributed by atoms with Gasteiger partial charge in [0.15, 0.2) is 0 Å². The van der Waals surface area contributed by atoms with Crippen LogP contribution in [-0.2, 0) is 41.1 Å². The molecule has 9 heteroatoms. The topological polar surface area (TPSA) is 106 Å². The summed E-state index contributed by atoms with van der Waals surface area (Å²) in [6.07, 6.45) is 0. The van der Waals surface area contributed by atoms with Crippen LogP contribution >= 0.6 is 0 Å². The molecule has 354 valence electrons. The summed E-state index contributed by atoms with van der Waals surface area (Å²) in [5, 5.41) is 12.4. The number of fused-ring (bicyclic) bond motifs is 24. The Kier molecular flexibility index (Phi) is 10.2. The van der Waals surface area contributed by atoms with Crippen molar-refractivity contribution in [3.8, 4) is 45.6 Å². The third-order valence-electron chi connectivity index (χ3n) is 15.0. The minimum atomic E-state index is -0.0320. The Balaban J connectivity index is 0.00000543. The molecule has 0 amide bonds. The number of rotatable bonds is 0. The monoisotopic (exact) mass is 1000 g/mol. The van der Waals surface area contributed by atoms with Gasteiger partial charge in [-0.1, -0.05) is 156 Å². The maximum atomic E-state index is 5.43. The summed E-state index contributed by atoms with van der Waals surface area (Å²) >= 11 is 0. The first-order valence-electron chi connectivity index (χ1n) is 25.1. The summed E-state index contributed by atoms with van der Waals surface area (Å²) in [4.78, 5) is 43.0. The van der Waals surface area contributed by atoms with Crippen molar-refractivity contribution >= 4 is 87.2 Å². The van der Waals surface area contributed by atoms with Crippen LogP contribution in [0.4, 0.5) is 0 Å². The van der Waals surface area contributed by atoms with Crippen LogP contribution in [0.15, 0.2) is 121 Å². The molecule has 3 aromatic heterocycles. The van der Waals surface area contributed by atoms with Crippen LogP contribution in [0.25, 0.3) is 133 Å².